The van der Waals surface area contributed by atoms with Crippen molar-refractivity contribution in [2.75, 3.05) is 0 Å². The number of nitrogens with two attached hydrogens (primary N) is 1. The second-order valence-corrected chi connectivity index (χ2v) is 3.23. The van der Waals surface area contributed by atoms with Gasteiger partial charge in [-0.05, 0) is 11.5 Å². The highest BCUT2D eigenvalue weighted by Gasteiger charge is 2.10. The molecule has 0 aliphatic heterocycles. The molecule has 4 nitrogen and oxygen atoms in total. The van der Waals surface area contributed by atoms with E-state index in [2.05, 4.69) is 9.36 Å². The van der Waals surface area contributed by atoms with E-state index in [4.69, 9.17) is 5.73 Å². The van der Waals surface area contributed by atoms with Crippen LogP contribution in [-0.2, 0) is 0 Å². The second kappa shape index (κ2) is 2.96. The fourth-order valence-electron chi connectivity index (χ4n) is 0.569. The third-order valence-corrected chi connectivity index (χ3v) is 1.91. The number of carbonyl (C=O) groups excluding carboxylic acids is 1. The minimum atomic E-state index is -0.505. The highest BCUT2D eigenvalue weighted by atomic mass is 32.1. The molecule has 0 fully saturated rings. The molecule has 1 amide bonds. The van der Waals surface area contributed by atoms with Crippen LogP contribution in [0.15, 0.2) is 0 Å². The van der Waals surface area contributed by atoms with E-state index in [0.29, 0.717) is 5.82 Å². The smallest absolute Gasteiger partial charge is 0.279 e. The number of amides is 1. The van der Waals surface area contributed by atoms with Crippen molar-refractivity contribution in [3.63, 3.8) is 0 Å². The Kier molecular flexibility index (Phi) is 2.19. The van der Waals surface area contributed by atoms with Gasteiger partial charge in [0.2, 0.25) is 5.01 Å². The summed E-state index contributed by atoms with van der Waals surface area (Å²) in [6.07, 6.45) is 0. The van der Waals surface area contributed by atoms with Gasteiger partial charge in [-0.2, -0.15) is 4.37 Å². The number of primary amides is 1. The first-order valence-corrected chi connectivity index (χ1v) is 4.02. The average Bonchev–Trinajstić information content (AvgIpc) is 2.33. The zero-order valence-corrected chi connectivity index (χ0v) is 7.18. The largest absolute Gasteiger partial charge is 0.363 e. The maximum absolute atomic E-state index is 10.6. The third-order valence-electron chi connectivity index (χ3n) is 1.17. The standard InChI is InChI=1S/C6H9N3OS/c1-3(2)5-8-6(4(7)10)11-9-5/h3H,1-2H3,(H2,7,10). The van der Waals surface area contributed by atoms with Gasteiger partial charge in [-0.3, -0.25) is 4.79 Å². The van der Waals surface area contributed by atoms with Gasteiger partial charge in [0.15, 0.2) is 0 Å². The van der Waals surface area contributed by atoms with Gasteiger partial charge < -0.3 is 5.73 Å². The molecule has 1 aromatic rings. The fourth-order valence-corrected chi connectivity index (χ4v) is 1.23. The lowest BCUT2D eigenvalue weighted by Gasteiger charge is -1.93. The molecule has 0 saturated heterocycles. The second-order valence-electron chi connectivity index (χ2n) is 2.48. The molecule has 1 rings (SSSR count). The molecule has 1 heterocycles. The molecule has 0 bridgehead atoms. The summed E-state index contributed by atoms with van der Waals surface area (Å²) in [5.41, 5.74) is 5.00. The molecule has 0 saturated carbocycles. The molecular formula is C6H9N3OS. The molecule has 0 unspecified atom stereocenters. The van der Waals surface area contributed by atoms with Crippen molar-refractivity contribution in [1.82, 2.24) is 9.36 Å². The Bertz CT molecular complexity index is 269. The van der Waals surface area contributed by atoms with E-state index in [-0.39, 0.29) is 10.9 Å². The summed E-state index contributed by atoms with van der Waals surface area (Å²) in [4.78, 5) is 14.5. The predicted octanol–water partition coefficient (Wildman–Crippen LogP) is 0.760. The van der Waals surface area contributed by atoms with E-state index >= 15 is 0 Å². The molecular weight excluding hydrogens is 162 g/mol. The van der Waals surface area contributed by atoms with E-state index < -0.39 is 5.91 Å². The maximum atomic E-state index is 10.6. The van der Waals surface area contributed by atoms with Crippen molar-refractivity contribution in [3.8, 4) is 0 Å². The highest BCUT2D eigenvalue weighted by Crippen LogP contribution is 2.12. The number of carbonyl (C=O) groups is 1. The SMILES string of the molecule is CC(C)c1nsc(C(N)=O)n1. The summed E-state index contributed by atoms with van der Waals surface area (Å²) in [6, 6.07) is 0. The number of nitrogens with zero attached hydrogens (tertiary/aromatic N) is 2. The summed E-state index contributed by atoms with van der Waals surface area (Å²) in [7, 11) is 0. The molecule has 2 N–H and O–H groups in total. The van der Waals surface area contributed by atoms with Crippen molar-refractivity contribution < 1.29 is 4.79 Å². The molecule has 0 aliphatic rings. The van der Waals surface area contributed by atoms with Gasteiger partial charge in [0.25, 0.3) is 5.91 Å². The first kappa shape index (κ1) is 8.13. The van der Waals surface area contributed by atoms with Crippen molar-refractivity contribution >= 4 is 17.4 Å². The van der Waals surface area contributed by atoms with Gasteiger partial charge in [-0.1, -0.05) is 13.8 Å². The Hall–Kier alpha value is -0.970. The summed E-state index contributed by atoms with van der Waals surface area (Å²) < 4.78 is 3.97. The van der Waals surface area contributed by atoms with E-state index in [1.54, 1.807) is 0 Å². The lowest BCUT2D eigenvalue weighted by atomic mass is 10.2. The summed E-state index contributed by atoms with van der Waals surface area (Å²) >= 11 is 1.05. The molecule has 11 heavy (non-hydrogen) atoms. The van der Waals surface area contributed by atoms with Crippen LogP contribution in [0.5, 0.6) is 0 Å². The predicted molar refractivity (Wildman–Crippen MR) is 42.5 cm³/mol. The highest BCUT2D eigenvalue weighted by molar-refractivity contribution is 7.07. The van der Waals surface area contributed by atoms with Crippen molar-refractivity contribution in [2.45, 2.75) is 19.8 Å². The molecule has 0 aromatic carbocycles. The van der Waals surface area contributed by atoms with Crippen LogP contribution in [0.25, 0.3) is 0 Å². The molecule has 0 atom stereocenters. The van der Waals surface area contributed by atoms with Crippen LogP contribution >= 0.6 is 11.5 Å². The van der Waals surface area contributed by atoms with E-state index in [9.17, 15) is 4.79 Å². The van der Waals surface area contributed by atoms with Crippen molar-refractivity contribution in [1.29, 1.82) is 0 Å². The van der Waals surface area contributed by atoms with Crippen LogP contribution in [0.2, 0.25) is 0 Å². The number of hydrogen-bond acceptors (Lipinski definition) is 4. The van der Waals surface area contributed by atoms with Gasteiger partial charge in [-0.25, -0.2) is 4.98 Å². The van der Waals surface area contributed by atoms with E-state index in [0.717, 1.165) is 11.5 Å². The Morgan fingerprint density at radius 2 is 2.27 bits per heavy atom. The van der Waals surface area contributed by atoms with Gasteiger partial charge in [0.05, 0.1) is 0 Å². The van der Waals surface area contributed by atoms with E-state index in [1.807, 2.05) is 13.8 Å². The molecule has 1 aromatic heterocycles. The molecule has 0 radical (unpaired) electrons. The minimum Gasteiger partial charge on any atom is -0.363 e. The Morgan fingerprint density at radius 3 is 2.55 bits per heavy atom. The van der Waals surface area contributed by atoms with Crippen LogP contribution in [0.4, 0.5) is 0 Å². The summed E-state index contributed by atoms with van der Waals surface area (Å²) in [5.74, 6) is 0.428. The Labute approximate surface area is 68.6 Å². The first-order valence-electron chi connectivity index (χ1n) is 3.24. The number of rotatable bonds is 2. The van der Waals surface area contributed by atoms with Crippen LogP contribution in [-0.4, -0.2) is 15.3 Å². The quantitative estimate of drug-likeness (QED) is 0.714. The van der Waals surface area contributed by atoms with Gasteiger partial charge in [0, 0.05) is 5.92 Å². The Balaban J connectivity index is 2.90. The van der Waals surface area contributed by atoms with Crippen LogP contribution in [0, 0.1) is 0 Å². The topological polar surface area (TPSA) is 68.9 Å². The zero-order valence-electron chi connectivity index (χ0n) is 6.37. The molecule has 5 heteroatoms. The summed E-state index contributed by atoms with van der Waals surface area (Å²) in [5, 5.41) is 0.286. The zero-order chi connectivity index (χ0) is 8.43. The average molecular weight is 171 g/mol. The van der Waals surface area contributed by atoms with Crippen molar-refractivity contribution in [3.05, 3.63) is 10.8 Å². The normalized spacial score (nSPS) is 10.5. The molecule has 0 spiro atoms. The summed E-state index contributed by atoms with van der Waals surface area (Å²) in [6.45, 7) is 3.93. The Morgan fingerprint density at radius 1 is 1.64 bits per heavy atom. The minimum absolute atomic E-state index is 0.249. The van der Waals surface area contributed by atoms with Crippen LogP contribution < -0.4 is 5.73 Å². The first-order chi connectivity index (χ1) is 5.11. The van der Waals surface area contributed by atoms with Crippen LogP contribution in [0.1, 0.15) is 35.4 Å². The molecule has 60 valence electrons. The van der Waals surface area contributed by atoms with Crippen LogP contribution in [0.3, 0.4) is 0 Å². The van der Waals surface area contributed by atoms with Gasteiger partial charge in [-0.15, -0.1) is 0 Å². The fraction of sp³-hybridized carbons (Fsp3) is 0.500. The third kappa shape index (κ3) is 1.74. The molecule has 0 aliphatic carbocycles. The van der Waals surface area contributed by atoms with Gasteiger partial charge >= 0.3 is 0 Å². The lowest BCUT2D eigenvalue weighted by Crippen LogP contribution is -2.10. The van der Waals surface area contributed by atoms with E-state index in [1.165, 1.54) is 0 Å². The monoisotopic (exact) mass is 171 g/mol. The maximum Gasteiger partial charge on any atom is 0.279 e. The lowest BCUT2D eigenvalue weighted by molar-refractivity contribution is 0.1000. The van der Waals surface area contributed by atoms with Crippen molar-refractivity contribution in [2.24, 2.45) is 5.73 Å². The number of hydrogen-bond donors (Lipinski definition) is 1. The number of aromatic nitrogens is 2. The van der Waals surface area contributed by atoms with Gasteiger partial charge in [0.1, 0.15) is 5.82 Å².